The zero-order valence-electron chi connectivity index (χ0n) is 11.6. The van der Waals surface area contributed by atoms with Crippen molar-refractivity contribution in [1.82, 2.24) is 0 Å². The van der Waals surface area contributed by atoms with Crippen molar-refractivity contribution in [1.29, 1.82) is 0 Å². The predicted octanol–water partition coefficient (Wildman–Crippen LogP) is 2.39. The summed E-state index contributed by atoms with van der Waals surface area (Å²) in [6.07, 6.45) is 0. The number of nitrogens with one attached hydrogen (secondary N) is 1. The smallest absolute Gasteiger partial charge is 0.337 e. The molecule has 2 rings (SSSR count). The average molecular weight is 319 g/mol. The van der Waals surface area contributed by atoms with Gasteiger partial charge in [-0.15, -0.1) is 0 Å². The lowest BCUT2D eigenvalue weighted by atomic mass is 10.2. The molecule has 7 heteroatoms. The van der Waals surface area contributed by atoms with Crippen molar-refractivity contribution in [3.8, 4) is 0 Å². The molecule has 0 fully saturated rings. The number of ketones is 1. The highest BCUT2D eigenvalue weighted by Crippen LogP contribution is 2.20. The molecule has 0 radical (unpaired) electrons. The largest absolute Gasteiger partial charge is 0.478 e. The number of rotatable bonds is 5. The molecule has 2 aromatic rings. The number of benzene rings is 2. The van der Waals surface area contributed by atoms with Crippen molar-refractivity contribution < 1.29 is 23.1 Å². The predicted molar refractivity (Wildman–Crippen MR) is 80.7 cm³/mol. The topological polar surface area (TPSA) is 101 Å². The van der Waals surface area contributed by atoms with Gasteiger partial charge in [-0.3, -0.25) is 9.52 Å². The molecule has 0 aliphatic rings. The van der Waals surface area contributed by atoms with Gasteiger partial charge in [-0.2, -0.15) is 0 Å². The summed E-state index contributed by atoms with van der Waals surface area (Å²) in [6.45, 7) is 1.33. The van der Waals surface area contributed by atoms with Crippen LogP contribution in [0.2, 0.25) is 0 Å². The molecule has 0 amide bonds. The highest BCUT2D eigenvalue weighted by atomic mass is 32.2. The summed E-state index contributed by atoms with van der Waals surface area (Å²) in [4.78, 5) is 22.3. The zero-order chi connectivity index (χ0) is 16.3. The van der Waals surface area contributed by atoms with Crippen LogP contribution in [0.25, 0.3) is 0 Å². The van der Waals surface area contributed by atoms with Crippen molar-refractivity contribution in [3.63, 3.8) is 0 Å². The first-order valence-electron chi connectivity index (χ1n) is 6.27. The van der Waals surface area contributed by atoms with Crippen molar-refractivity contribution in [2.75, 3.05) is 4.72 Å². The van der Waals surface area contributed by atoms with Crippen LogP contribution < -0.4 is 4.72 Å². The SMILES string of the molecule is CC(=O)c1cccc(S(=O)(=O)Nc2ccccc2C(=O)O)c1. The first-order chi connectivity index (χ1) is 10.3. The molecule has 6 nitrogen and oxygen atoms in total. The van der Waals surface area contributed by atoms with E-state index in [4.69, 9.17) is 5.11 Å². The molecule has 0 saturated heterocycles. The molecule has 0 aromatic heterocycles. The summed E-state index contributed by atoms with van der Waals surface area (Å²) in [6, 6.07) is 11.2. The Morgan fingerprint density at radius 2 is 1.73 bits per heavy atom. The number of para-hydroxylation sites is 1. The minimum Gasteiger partial charge on any atom is -0.478 e. The van der Waals surface area contributed by atoms with Gasteiger partial charge in [0.1, 0.15) is 0 Å². The number of hydrogen-bond acceptors (Lipinski definition) is 4. The number of Topliss-reactive ketones (excluding diaryl/α,β-unsaturated/α-hetero) is 1. The first-order valence-corrected chi connectivity index (χ1v) is 7.76. The molecular formula is C15H13NO5S. The van der Waals surface area contributed by atoms with Gasteiger partial charge in [-0.25, -0.2) is 13.2 Å². The Hall–Kier alpha value is -2.67. The van der Waals surface area contributed by atoms with Crippen LogP contribution in [0, 0.1) is 0 Å². The van der Waals surface area contributed by atoms with E-state index in [1.165, 1.54) is 55.5 Å². The van der Waals surface area contributed by atoms with Crippen LogP contribution in [-0.4, -0.2) is 25.3 Å². The molecule has 0 saturated carbocycles. The molecule has 22 heavy (non-hydrogen) atoms. The number of carboxylic acids is 1. The zero-order valence-corrected chi connectivity index (χ0v) is 12.4. The number of aromatic carboxylic acids is 1. The Labute approximate surface area is 127 Å². The van der Waals surface area contributed by atoms with Crippen LogP contribution in [0.1, 0.15) is 27.6 Å². The maximum Gasteiger partial charge on any atom is 0.337 e. The Balaban J connectivity index is 2.43. The van der Waals surface area contributed by atoms with Gasteiger partial charge < -0.3 is 5.11 Å². The van der Waals surface area contributed by atoms with Crippen molar-refractivity contribution in [2.24, 2.45) is 0 Å². The van der Waals surface area contributed by atoms with Crippen LogP contribution in [0.15, 0.2) is 53.4 Å². The molecule has 0 unspecified atom stereocenters. The highest BCUT2D eigenvalue weighted by molar-refractivity contribution is 7.92. The van der Waals surface area contributed by atoms with Crippen molar-refractivity contribution in [2.45, 2.75) is 11.8 Å². The third kappa shape index (κ3) is 3.32. The van der Waals surface area contributed by atoms with E-state index in [0.29, 0.717) is 0 Å². The number of hydrogen-bond donors (Lipinski definition) is 2. The standard InChI is InChI=1S/C15H13NO5S/c1-10(17)11-5-4-6-12(9-11)22(20,21)16-14-8-3-2-7-13(14)15(18)19/h2-9,16H,1H3,(H,18,19). The molecule has 2 aromatic carbocycles. The van der Waals surface area contributed by atoms with E-state index in [-0.39, 0.29) is 27.5 Å². The number of carbonyl (C=O) groups excluding carboxylic acids is 1. The second-order valence-electron chi connectivity index (χ2n) is 4.54. The van der Waals surface area contributed by atoms with Crippen LogP contribution in [0.5, 0.6) is 0 Å². The fraction of sp³-hybridized carbons (Fsp3) is 0.0667. The van der Waals surface area contributed by atoms with E-state index in [0.717, 1.165) is 0 Å². The van der Waals surface area contributed by atoms with Crippen molar-refractivity contribution >= 4 is 27.5 Å². The maximum absolute atomic E-state index is 12.3. The Morgan fingerprint density at radius 3 is 2.36 bits per heavy atom. The molecule has 0 spiro atoms. The Kier molecular flexibility index (Phi) is 4.27. The number of sulfonamides is 1. The minimum absolute atomic E-state index is 0.0387. The molecule has 0 atom stereocenters. The van der Waals surface area contributed by atoms with E-state index in [1.807, 2.05) is 0 Å². The number of anilines is 1. The normalized spacial score (nSPS) is 11.0. The van der Waals surface area contributed by atoms with Crippen LogP contribution >= 0.6 is 0 Å². The van der Waals surface area contributed by atoms with Gasteiger partial charge in [0.2, 0.25) is 0 Å². The lowest BCUT2D eigenvalue weighted by Gasteiger charge is -2.11. The van der Waals surface area contributed by atoms with E-state index in [1.54, 1.807) is 0 Å². The molecule has 0 bridgehead atoms. The Bertz CT molecular complexity index is 843. The third-order valence-corrected chi connectivity index (χ3v) is 4.32. The summed E-state index contributed by atoms with van der Waals surface area (Å²) >= 11 is 0. The maximum atomic E-state index is 12.3. The summed E-state index contributed by atoms with van der Waals surface area (Å²) in [5.74, 6) is -1.50. The summed E-state index contributed by atoms with van der Waals surface area (Å²) in [5, 5.41) is 9.07. The van der Waals surface area contributed by atoms with Crippen LogP contribution in [0.3, 0.4) is 0 Å². The third-order valence-electron chi connectivity index (χ3n) is 2.95. The molecule has 0 aliphatic carbocycles. The fourth-order valence-electron chi connectivity index (χ4n) is 1.84. The molecule has 0 heterocycles. The van der Waals surface area contributed by atoms with Gasteiger partial charge in [0.15, 0.2) is 5.78 Å². The Morgan fingerprint density at radius 1 is 1.05 bits per heavy atom. The van der Waals surface area contributed by atoms with Gasteiger partial charge in [0.05, 0.1) is 16.1 Å². The molecule has 2 N–H and O–H groups in total. The van der Waals surface area contributed by atoms with Gasteiger partial charge in [0, 0.05) is 5.56 Å². The van der Waals surface area contributed by atoms with Gasteiger partial charge in [0.25, 0.3) is 10.0 Å². The summed E-state index contributed by atoms with van der Waals surface area (Å²) in [5.41, 5.74) is 0.0615. The monoisotopic (exact) mass is 319 g/mol. The molecule has 0 aliphatic heterocycles. The lowest BCUT2D eigenvalue weighted by Crippen LogP contribution is -2.16. The molecule has 114 valence electrons. The average Bonchev–Trinajstić information content (AvgIpc) is 2.47. The second-order valence-corrected chi connectivity index (χ2v) is 6.22. The number of carboxylic acid groups (broad SMARTS) is 1. The van der Waals surface area contributed by atoms with Gasteiger partial charge >= 0.3 is 5.97 Å². The summed E-state index contributed by atoms with van der Waals surface area (Å²) in [7, 11) is -3.99. The van der Waals surface area contributed by atoms with E-state index >= 15 is 0 Å². The minimum atomic E-state index is -3.99. The molecular weight excluding hydrogens is 306 g/mol. The van der Waals surface area contributed by atoms with Crippen molar-refractivity contribution in [3.05, 3.63) is 59.7 Å². The van der Waals surface area contributed by atoms with E-state index in [9.17, 15) is 18.0 Å². The first kappa shape index (κ1) is 15.7. The van der Waals surface area contributed by atoms with Gasteiger partial charge in [-0.05, 0) is 31.2 Å². The quantitative estimate of drug-likeness (QED) is 0.824. The van der Waals surface area contributed by atoms with E-state index < -0.39 is 16.0 Å². The van der Waals surface area contributed by atoms with Gasteiger partial charge in [-0.1, -0.05) is 24.3 Å². The van der Waals surface area contributed by atoms with Crippen LogP contribution in [0.4, 0.5) is 5.69 Å². The lowest BCUT2D eigenvalue weighted by molar-refractivity contribution is 0.0698. The second kappa shape index (κ2) is 5.98. The summed E-state index contributed by atoms with van der Waals surface area (Å²) < 4.78 is 26.9. The fourth-order valence-corrected chi connectivity index (χ4v) is 2.97. The van der Waals surface area contributed by atoms with Crippen LogP contribution in [-0.2, 0) is 10.0 Å². The van der Waals surface area contributed by atoms with E-state index in [2.05, 4.69) is 4.72 Å². The highest BCUT2D eigenvalue weighted by Gasteiger charge is 2.18. The number of carbonyl (C=O) groups is 2.